The van der Waals surface area contributed by atoms with Gasteiger partial charge in [0.1, 0.15) is 8.07 Å². The molecule has 0 aliphatic rings. The third-order valence-electron chi connectivity index (χ3n) is 4.38. The van der Waals surface area contributed by atoms with E-state index in [0.717, 1.165) is 5.56 Å². The highest BCUT2D eigenvalue weighted by molar-refractivity contribution is 7.98. The normalized spacial score (nSPS) is 11.9. The summed E-state index contributed by atoms with van der Waals surface area (Å²) in [5, 5.41) is 0. The first kappa shape index (κ1) is 17.4. The second-order valence-corrected chi connectivity index (χ2v) is 12.8. The molecule has 0 fully saturated rings. The molecule has 0 amide bonds. The van der Waals surface area contributed by atoms with E-state index in [2.05, 4.69) is 83.5 Å². The number of thioether (sulfide) groups is 1. The van der Waals surface area contributed by atoms with E-state index in [-0.39, 0.29) is 0 Å². The Labute approximate surface area is 130 Å². The molecule has 0 saturated carbocycles. The molecule has 2 heteroatoms. The van der Waals surface area contributed by atoms with Gasteiger partial charge < -0.3 is 0 Å². The fourth-order valence-corrected chi connectivity index (χ4v) is 8.92. The third-order valence-corrected chi connectivity index (χ3v) is 11.4. The maximum atomic E-state index is 3.77. The molecule has 20 heavy (non-hydrogen) atoms. The summed E-state index contributed by atoms with van der Waals surface area (Å²) in [6.07, 6.45) is 2.11. The summed E-state index contributed by atoms with van der Waals surface area (Å²) in [4.78, 5) is 1.30. The van der Waals surface area contributed by atoms with Crippen LogP contribution in [0, 0.1) is 11.5 Å². The maximum absolute atomic E-state index is 3.77. The van der Waals surface area contributed by atoms with Crippen LogP contribution in [0.15, 0.2) is 29.2 Å². The van der Waals surface area contributed by atoms with Gasteiger partial charge in [0.25, 0.3) is 0 Å². The van der Waals surface area contributed by atoms with Gasteiger partial charge in [0, 0.05) is 10.5 Å². The second-order valence-electron chi connectivity index (χ2n) is 6.38. The SMILES string of the molecule is CSc1ccc(C#C[Si](C(C)C)(C(C)C)C(C)C)cc1. The minimum Gasteiger partial charge on any atom is -0.130 e. The molecule has 0 aliphatic heterocycles. The lowest BCUT2D eigenvalue weighted by molar-refractivity contribution is 0.838. The highest BCUT2D eigenvalue weighted by atomic mass is 32.2. The van der Waals surface area contributed by atoms with E-state index in [1.165, 1.54) is 4.90 Å². The summed E-state index contributed by atoms with van der Waals surface area (Å²) in [5.41, 5.74) is 7.01. The Morgan fingerprint density at radius 2 is 1.30 bits per heavy atom. The number of rotatable bonds is 4. The van der Waals surface area contributed by atoms with Crippen LogP contribution in [-0.2, 0) is 0 Å². The maximum Gasteiger partial charge on any atom is 0.146 e. The van der Waals surface area contributed by atoms with Gasteiger partial charge in [-0.15, -0.1) is 17.3 Å². The topological polar surface area (TPSA) is 0 Å². The van der Waals surface area contributed by atoms with Crippen LogP contribution in [0.5, 0.6) is 0 Å². The first-order chi connectivity index (χ1) is 9.34. The predicted molar refractivity (Wildman–Crippen MR) is 96.1 cm³/mol. The van der Waals surface area contributed by atoms with E-state index in [4.69, 9.17) is 0 Å². The number of hydrogen-bond acceptors (Lipinski definition) is 1. The van der Waals surface area contributed by atoms with E-state index in [9.17, 15) is 0 Å². The average Bonchev–Trinajstić information content (AvgIpc) is 2.38. The number of hydrogen-bond donors (Lipinski definition) is 0. The van der Waals surface area contributed by atoms with Crippen molar-refractivity contribution in [2.75, 3.05) is 6.26 Å². The van der Waals surface area contributed by atoms with Crippen molar-refractivity contribution in [2.24, 2.45) is 0 Å². The lowest BCUT2D eigenvalue weighted by Gasteiger charge is -2.38. The summed E-state index contributed by atoms with van der Waals surface area (Å²) >= 11 is 1.78. The van der Waals surface area contributed by atoms with Crippen LogP contribution in [0.4, 0.5) is 0 Å². The molecule has 0 spiro atoms. The predicted octanol–water partition coefficient (Wildman–Crippen LogP) is 5.98. The minimum absolute atomic E-state index is 0.695. The molecule has 0 radical (unpaired) electrons. The number of benzene rings is 1. The molecule has 0 nitrogen and oxygen atoms in total. The van der Waals surface area contributed by atoms with Crippen molar-refractivity contribution in [1.29, 1.82) is 0 Å². The van der Waals surface area contributed by atoms with Crippen molar-refractivity contribution >= 4 is 19.8 Å². The summed E-state index contributed by atoms with van der Waals surface area (Å²) in [6.45, 7) is 14.2. The first-order valence-electron chi connectivity index (χ1n) is 7.51. The quantitative estimate of drug-likeness (QED) is 0.375. The summed E-state index contributed by atoms with van der Waals surface area (Å²) < 4.78 is 0. The lowest BCUT2D eigenvalue weighted by Crippen LogP contribution is -2.43. The fraction of sp³-hybridized carbons (Fsp3) is 0.556. The lowest BCUT2D eigenvalue weighted by atomic mass is 10.2. The molecule has 1 aromatic rings. The largest absolute Gasteiger partial charge is 0.146 e. The van der Waals surface area contributed by atoms with Gasteiger partial charge >= 0.3 is 0 Å². The molecule has 0 unspecified atom stereocenters. The Balaban J connectivity index is 3.16. The molecule has 0 aromatic heterocycles. The Morgan fingerprint density at radius 1 is 0.850 bits per heavy atom. The van der Waals surface area contributed by atoms with Crippen LogP contribution in [0.25, 0.3) is 0 Å². The average molecular weight is 305 g/mol. The van der Waals surface area contributed by atoms with Gasteiger partial charge in [-0.3, -0.25) is 0 Å². The second kappa shape index (κ2) is 7.38. The zero-order chi connectivity index (χ0) is 15.3. The molecular formula is C18H28SSi. The fourth-order valence-electron chi connectivity index (χ4n) is 3.29. The minimum atomic E-state index is -1.60. The van der Waals surface area contributed by atoms with Gasteiger partial charge in [-0.1, -0.05) is 47.5 Å². The highest BCUT2D eigenvalue weighted by Gasteiger charge is 2.41. The Hall–Kier alpha value is -0.653. The molecule has 1 aromatic carbocycles. The Kier molecular flexibility index (Phi) is 6.42. The van der Waals surface area contributed by atoms with E-state index >= 15 is 0 Å². The van der Waals surface area contributed by atoms with Crippen molar-refractivity contribution in [2.45, 2.75) is 63.1 Å². The van der Waals surface area contributed by atoms with Crippen molar-refractivity contribution in [1.82, 2.24) is 0 Å². The van der Waals surface area contributed by atoms with Crippen molar-refractivity contribution < 1.29 is 0 Å². The van der Waals surface area contributed by atoms with Crippen molar-refractivity contribution in [3.8, 4) is 11.5 Å². The van der Waals surface area contributed by atoms with Crippen LogP contribution in [0.1, 0.15) is 47.1 Å². The standard InChI is InChI=1S/C18H28SSi/c1-14(2)20(15(3)4,16(5)6)13-12-17-8-10-18(19-7)11-9-17/h8-11,14-16H,1-7H3. The molecule has 0 heterocycles. The molecule has 1 rings (SSSR count). The van der Waals surface area contributed by atoms with Crippen LogP contribution in [0.3, 0.4) is 0 Å². The molecular weight excluding hydrogens is 276 g/mol. The third kappa shape index (κ3) is 3.71. The van der Waals surface area contributed by atoms with Gasteiger partial charge in [0.2, 0.25) is 0 Å². The van der Waals surface area contributed by atoms with E-state index in [1.54, 1.807) is 11.8 Å². The Bertz CT molecular complexity index is 453. The van der Waals surface area contributed by atoms with E-state index in [0.29, 0.717) is 16.6 Å². The monoisotopic (exact) mass is 304 g/mol. The molecule has 0 N–H and O–H groups in total. The van der Waals surface area contributed by atoms with Gasteiger partial charge in [0.05, 0.1) is 0 Å². The van der Waals surface area contributed by atoms with Crippen molar-refractivity contribution in [3.05, 3.63) is 29.8 Å². The first-order valence-corrected chi connectivity index (χ1v) is 11.0. The highest BCUT2D eigenvalue weighted by Crippen LogP contribution is 2.40. The van der Waals surface area contributed by atoms with Gasteiger partial charge in [0.15, 0.2) is 0 Å². The summed E-state index contributed by atoms with van der Waals surface area (Å²) in [7, 11) is -1.60. The van der Waals surface area contributed by atoms with Gasteiger partial charge in [-0.25, -0.2) is 0 Å². The summed E-state index contributed by atoms with van der Waals surface area (Å²) in [6, 6.07) is 8.63. The molecule has 0 saturated heterocycles. The van der Waals surface area contributed by atoms with E-state index in [1.807, 2.05) is 0 Å². The van der Waals surface area contributed by atoms with Crippen LogP contribution < -0.4 is 0 Å². The van der Waals surface area contributed by atoms with Gasteiger partial charge in [-0.05, 0) is 47.1 Å². The van der Waals surface area contributed by atoms with Crippen LogP contribution in [0.2, 0.25) is 16.6 Å². The van der Waals surface area contributed by atoms with Crippen LogP contribution in [-0.4, -0.2) is 14.3 Å². The van der Waals surface area contributed by atoms with Crippen LogP contribution >= 0.6 is 11.8 Å². The molecule has 110 valence electrons. The summed E-state index contributed by atoms with van der Waals surface area (Å²) in [5.74, 6) is 3.48. The molecule has 0 atom stereocenters. The molecule has 0 bridgehead atoms. The Morgan fingerprint density at radius 3 is 1.65 bits per heavy atom. The van der Waals surface area contributed by atoms with Crippen molar-refractivity contribution in [3.63, 3.8) is 0 Å². The zero-order valence-corrected chi connectivity index (χ0v) is 15.8. The zero-order valence-electron chi connectivity index (χ0n) is 13.9. The smallest absolute Gasteiger partial charge is 0.130 e. The van der Waals surface area contributed by atoms with E-state index < -0.39 is 8.07 Å². The molecule has 0 aliphatic carbocycles. The van der Waals surface area contributed by atoms with Gasteiger partial charge in [-0.2, -0.15) is 0 Å².